The molecule has 1 aromatic carbocycles. The third-order valence-electron chi connectivity index (χ3n) is 1.73. The Morgan fingerprint density at radius 1 is 1.21 bits per heavy atom. The minimum Gasteiger partial charge on any atom is -0.298 e. The second-order valence-electron chi connectivity index (χ2n) is 2.72. The van der Waals surface area contributed by atoms with Crippen molar-refractivity contribution in [1.82, 2.24) is 0 Å². The Kier molecular flexibility index (Phi) is 2.74. The molecular weight excluding hydrogens is 193 g/mol. The molecule has 0 amide bonds. The first-order valence-corrected chi connectivity index (χ1v) is 3.77. The molecule has 0 saturated heterocycles. The summed E-state index contributed by atoms with van der Waals surface area (Å²) in [4.78, 5) is 10.3. The molecule has 0 aliphatic carbocycles. The molecule has 1 nitrogen and oxygen atoms in total. The van der Waals surface area contributed by atoms with Crippen molar-refractivity contribution in [3.63, 3.8) is 0 Å². The Bertz CT molecular complexity index is 349. The predicted octanol–water partition coefficient (Wildman–Crippen LogP) is 2.92. The lowest BCUT2D eigenvalue weighted by Crippen LogP contribution is -2.04. The summed E-state index contributed by atoms with van der Waals surface area (Å²) in [6.07, 6.45) is -3.84. The normalized spacial score (nSPS) is 11.1. The Balaban J connectivity index is 3.00. The van der Waals surface area contributed by atoms with Crippen LogP contribution in [0.15, 0.2) is 30.8 Å². The number of hydrogen-bond acceptors (Lipinski definition) is 1. The molecule has 14 heavy (non-hydrogen) atoms. The van der Waals surface area contributed by atoms with Gasteiger partial charge in [-0.1, -0.05) is 18.7 Å². The van der Waals surface area contributed by atoms with Crippen LogP contribution in [0.2, 0.25) is 0 Å². The van der Waals surface area contributed by atoms with E-state index in [9.17, 15) is 18.0 Å². The highest BCUT2D eigenvalue weighted by atomic mass is 19.4. The zero-order valence-electron chi connectivity index (χ0n) is 7.14. The van der Waals surface area contributed by atoms with Gasteiger partial charge < -0.3 is 0 Å². The number of carbonyl (C=O) groups is 1. The van der Waals surface area contributed by atoms with Crippen LogP contribution in [0.5, 0.6) is 0 Å². The number of allylic oxidation sites excluding steroid dienone is 1. The average molecular weight is 200 g/mol. The van der Waals surface area contributed by atoms with Crippen LogP contribution in [0.25, 0.3) is 5.57 Å². The van der Waals surface area contributed by atoms with Crippen LogP contribution in [0.1, 0.15) is 11.1 Å². The second kappa shape index (κ2) is 3.65. The van der Waals surface area contributed by atoms with E-state index in [4.69, 9.17) is 0 Å². The summed E-state index contributed by atoms with van der Waals surface area (Å²) in [5.74, 6) is 0. The fraction of sp³-hybridized carbons (Fsp3) is 0.100. The first-order chi connectivity index (χ1) is 6.45. The molecule has 0 atom stereocenters. The lowest BCUT2D eigenvalue weighted by Gasteiger charge is -2.06. The summed E-state index contributed by atoms with van der Waals surface area (Å²) in [5.41, 5.74) is -0.174. The van der Waals surface area contributed by atoms with Crippen LogP contribution >= 0.6 is 0 Å². The van der Waals surface area contributed by atoms with Crippen LogP contribution in [0, 0.1) is 0 Å². The summed E-state index contributed by atoms with van der Waals surface area (Å²) in [6.45, 7) is 3.39. The Labute approximate surface area is 78.9 Å². The number of alkyl halides is 3. The minimum absolute atomic E-state index is 0.165. The van der Waals surface area contributed by atoms with E-state index in [2.05, 4.69) is 6.58 Å². The molecule has 0 saturated carbocycles. The van der Waals surface area contributed by atoms with Crippen molar-refractivity contribution in [2.75, 3.05) is 0 Å². The van der Waals surface area contributed by atoms with Crippen molar-refractivity contribution >= 4 is 11.9 Å². The summed E-state index contributed by atoms with van der Waals surface area (Å²) in [6, 6.07) is 4.28. The Morgan fingerprint density at radius 3 is 2.07 bits per heavy atom. The summed E-state index contributed by atoms with van der Waals surface area (Å²) in [5, 5.41) is 0. The lowest BCUT2D eigenvalue weighted by atomic mass is 10.1. The third-order valence-corrected chi connectivity index (χ3v) is 1.73. The molecule has 0 spiro atoms. The summed E-state index contributed by atoms with van der Waals surface area (Å²) >= 11 is 0. The molecule has 1 rings (SSSR count). The summed E-state index contributed by atoms with van der Waals surface area (Å²) < 4.78 is 36.3. The van der Waals surface area contributed by atoms with Crippen molar-refractivity contribution < 1.29 is 18.0 Å². The van der Waals surface area contributed by atoms with Crippen LogP contribution < -0.4 is 0 Å². The number of halogens is 3. The highest BCUT2D eigenvalue weighted by Crippen LogP contribution is 2.29. The quantitative estimate of drug-likeness (QED) is 0.530. The molecule has 4 heteroatoms. The molecule has 0 N–H and O–H groups in total. The molecule has 0 radical (unpaired) electrons. The maximum Gasteiger partial charge on any atom is 0.416 e. The van der Waals surface area contributed by atoms with Gasteiger partial charge in [0.1, 0.15) is 6.29 Å². The topological polar surface area (TPSA) is 17.1 Å². The maximum atomic E-state index is 12.1. The Hall–Kier alpha value is -1.58. The zero-order chi connectivity index (χ0) is 10.8. The van der Waals surface area contributed by atoms with Gasteiger partial charge in [-0.3, -0.25) is 4.79 Å². The number of benzene rings is 1. The van der Waals surface area contributed by atoms with E-state index in [1.165, 1.54) is 12.1 Å². The monoisotopic (exact) mass is 200 g/mol. The van der Waals surface area contributed by atoms with Gasteiger partial charge in [0.25, 0.3) is 0 Å². The second-order valence-corrected chi connectivity index (χ2v) is 2.72. The van der Waals surface area contributed by atoms with Crippen molar-refractivity contribution in [1.29, 1.82) is 0 Å². The molecule has 0 aliphatic heterocycles. The van der Waals surface area contributed by atoms with Gasteiger partial charge in [-0.2, -0.15) is 13.2 Å². The van der Waals surface area contributed by atoms with Crippen LogP contribution in [0.3, 0.4) is 0 Å². The van der Waals surface area contributed by atoms with Gasteiger partial charge >= 0.3 is 6.18 Å². The van der Waals surface area contributed by atoms with Crippen molar-refractivity contribution in [3.05, 3.63) is 42.0 Å². The first-order valence-electron chi connectivity index (χ1n) is 3.77. The number of carbonyl (C=O) groups excluding carboxylic acids is 1. The van der Waals surface area contributed by atoms with Gasteiger partial charge in [0, 0.05) is 5.57 Å². The third kappa shape index (κ3) is 2.22. The highest BCUT2D eigenvalue weighted by molar-refractivity contribution is 6.05. The predicted molar refractivity (Wildman–Crippen MR) is 46.5 cm³/mol. The molecule has 0 bridgehead atoms. The molecular formula is C10H7F3O. The molecule has 1 aromatic rings. The van der Waals surface area contributed by atoms with Crippen LogP contribution in [-0.4, -0.2) is 6.29 Å². The number of rotatable bonds is 2. The van der Waals surface area contributed by atoms with Gasteiger partial charge in [-0.25, -0.2) is 0 Å². The first kappa shape index (κ1) is 10.5. The maximum absolute atomic E-state index is 12.1. The fourth-order valence-electron chi connectivity index (χ4n) is 0.941. The van der Waals surface area contributed by atoms with Crippen molar-refractivity contribution in [2.45, 2.75) is 6.18 Å². The van der Waals surface area contributed by atoms with E-state index in [-0.39, 0.29) is 5.57 Å². The number of hydrogen-bond donors (Lipinski definition) is 0. The smallest absolute Gasteiger partial charge is 0.298 e. The molecule has 74 valence electrons. The average Bonchev–Trinajstić information content (AvgIpc) is 2.15. The van der Waals surface area contributed by atoms with Crippen molar-refractivity contribution in [3.8, 4) is 0 Å². The highest BCUT2D eigenvalue weighted by Gasteiger charge is 2.29. The van der Waals surface area contributed by atoms with E-state index in [0.29, 0.717) is 11.8 Å². The van der Waals surface area contributed by atoms with E-state index in [1.54, 1.807) is 0 Å². The minimum atomic E-state index is -4.35. The van der Waals surface area contributed by atoms with Crippen LogP contribution in [-0.2, 0) is 11.0 Å². The summed E-state index contributed by atoms with van der Waals surface area (Å²) in [7, 11) is 0. The van der Waals surface area contributed by atoms with Gasteiger partial charge in [0.05, 0.1) is 5.56 Å². The SMILES string of the molecule is C=C(C=O)c1ccc(C(F)(F)F)cc1. The van der Waals surface area contributed by atoms with Crippen molar-refractivity contribution in [2.24, 2.45) is 0 Å². The van der Waals surface area contributed by atoms with Gasteiger partial charge in [0.2, 0.25) is 0 Å². The van der Waals surface area contributed by atoms with Gasteiger partial charge in [0.15, 0.2) is 0 Å². The Morgan fingerprint density at radius 2 is 1.71 bits per heavy atom. The van der Waals surface area contributed by atoms with Crippen LogP contribution in [0.4, 0.5) is 13.2 Å². The van der Waals surface area contributed by atoms with E-state index in [0.717, 1.165) is 12.1 Å². The fourth-order valence-corrected chi connectivity index (χ4v) is 0.941. The molecule has 0 aromatic heterocycles. The van der Waals surface area contributed by atoms with E-state index >= 15 is 0 Å². The molecule has 0 unspecified atom stereocenters. The number of aldehydes is 1. The van der Waals surface area contributed by atoms with Gasteiger partial charge in [-0.15, -0.1) is 0 Å². The molecule has 0 heterocycles. The molecule has 0 fully saturated rings. The lowest BCUT2D eigenvalue weighted by molar-refractivity contribution is -0.137. The largest absolute Gasteiger partial charge is 0.416 e. The zero-order valence-corrected chi connectivity index (χ0v) is 7.14. The van der Waals surface area contributed by atoms with Gasteiger partial charge in [-0.05, 0) is 17.7 Å². The van der Waals surface area contributed by atoms with E-state index < -0.39 is 11.7 Å². The van der Waals surface area contributed by atoms with E-state index in [1.807, 2.05) is 0 Å². The standard InChI is InChI=1S/C10H7F3O/c1-7(6-14)8-2-4-9(5-3-8)10(11,12)13/h2-6H,1H2. The molecule has 0 aliphatic rings.